The van der Waals surface area contributed by atoms with Crippen LogP contribution in [0.3, 0.4) is 0 Å². The Morgan fingerprint density at radius 1 is 1.44 bits per heavy atom. The van der Waals surface area contributed by atoms with Gasteiger partial charge in [-0.05, 0) is 27.7 Å². The summed E-state index contributed by atoms with van der Waals surface area (Å²) in [6.07, 6.45) is 0. The lowest BCUT2D eigenvalue weighted by molar-refractivity contribution is -0.147. The zero-order valence-corrected chi connectivity index (χ0v) is 10.3. The van der Waals surface area contributed by atoms with Crippen LogP contribution in [0, 0.1) is 0 Å². The summed E-state index contributed by atoms with van der Waals surface area (Å²) in [5.74, 6) is -1.03. The predicted molar refractivity (Wildman–Crippen MR) is 62.3 cm³/mol. The number of carboxylic acid groups (broad SMARTS) is 1. The van der Waals surface area contributed by atoms with Crippen molar-refractivity contribution in [3.63, 3.8) is 0 Å². The highest BCUT2D eigenvalue weighted by Gasteiger charge is 2.36. The molecule has 0 unspecified atom stereocenters. The van der Waals surface area contributed by atoms with Crippen LogP contribution in [0.15, 0.2) is 12.2 Å². The van der Waals surface area contributed by atoms with Gasteiger partial charge in [0.25, 0.3) is 0 Å². The van der Waals surface area contributed by atoms with E-state index in [1.807, 2.05) is 0 Å². The Morgan fingerprint density at radius 2 is 1.94 bits per heavy atom. The fourth-order valence-corrected chi connectivity index (χ4v) is 1.23. The first kappa shape index (κ1) is 14.5. The number of likely N-dealkylation sites (N-methyl/N-ethyl adjacent to an activating group) is 1. The van der Waals surface area contributed by atoms with Crippen LogP contribution in [-0.2, 0) is 4.79 Å². The minimum absolute atomic E-state index is 0.335. The highest BCUT2D eigenvalue weighted by Crippen LogP contribution is 2.14. The van der Waals surface area contributed by atoms with Crippen molar-refractivity contribution in [3.8, 4) is 0 Å². The van der Waals surface area contributed by atoms with Crippen LogP contribution in [0.2, 0.25) is 0 Å². The molecular formula is C11H20N2O3. The second-order valence-electron chi connectivity index (χ2n) is 4.22. The van der Waals surface area contributed by atoms with E-state index in [1.54, 1.807) is 13.8 Å². The molecule has 2 amide bonds. The summed E-state index contributed by atoms with van der Waals surface area (Å²) in [5, 5.41) is 11.6. The maximum absolute atomic E-state index is 11.7. The van der Waals surface area contributed by atoms with Crippen molar-refractivity contribution in [2.75, 3.05) is 13.1 Å². The topological polar surface area (TPSA) is 69.6 Å². The zero-order valence-electron chi connectivity index (χ0n) is 10.3. The van der Waals surface area contributed by atoms with Gasteiger partial charge >= 0.3 is 12.0 Å². The molecule has 0 aliphatic heterocycles. The van der Waals surface area contributed by atoms with E-state index in [0.717, 1.165) is 5.57 Å². The highest BCUT2D eigenvalue weighted by atomic mass is 16.4. The minimum atomic E-state index is -1.21. The van der Waals surface area contributed by atoms with Crippen LogP contribution >= 0.6 is 0 Å². The van der Waals surface area contributed by atoms with Crippen molar-refractivity contribution in [2.24, 2.45) is 0 Å². The molecule has 5 nitrogen and oxygen atoms in total. The molecule has 0 fully saturated rings. The summed E-state index contributed by atoms with van der Waals surface area (Å²) in [6, 6.07) is -0.391. The summed E-state index contributed by atoms with van der Waals surface area (Å²) in [5.41, 5.74) is -0.397. The number of amides is 2. The van der Waals surface area contributed by atoms with Gasteiger partial charge in [0.05, 0.1) is 0 Å². The van der Waals surface area contributed by atoms with Crippen LogP contribution in [0.25, 0.3) is 0 Å². The van der Waals surface area contributed by atoms with Gasteiger partial charge < -0.3 is 15.3 Å². The van der Waals surface area contributed by atoms with Gasteiger partial charge in [-0.25, -0.2) is 9.59 Å². The first-order chi connectivity index (χ1) is 7.23. The standard InChI is InChI=1S/C11H20N2O3/c1-6-13(11(4,5)9(14)15)10(16)12-7-8(2)3/h2,6-7H2,1,3-5H3,(H,12,16)(H,14,15). The van der Waals surface area contributed by atoms with Crippen molar-refractivity contribution in [1.29, 1.82) is 0 Å². The smallest absolute Gasteiger partial charge is 0.329 e. The molecule has 0 radical (unpaired) electrons. The number of aliphatic carboxylic acids is 1. The van der Waals surface area contributed by atoms with Crippen molar-refractivity contribution in [2.45, 2.75) is 33.2 Å². The Labute approximate surface area is 96.1 Å². The summed E-state index contributed by atoms with van der Waals surface area (Å²) >= 11 is 0. The molecule has 0 aromatic carbocycles. The van der Waals surface area contributed by atoms with Crippen molar-refractivity contribution in [1.82, 2.24) is 10.2 Å². The number of hydrogen-bond donors (Lipinski definition) is 2. The second-order valence-corrected chi connectivity index (χ2v) is 4.22. The molecule has 2 N–H and O–H groups in total. The monoisotopic (exact) mass is 228 g/mol. The first-order valence-electron chi connectivity index (χ1n) is 5.16. The third kappa shape index (κ3) is 3.56. The number of urea groups is 1. The molecule has 0 aromatic heterocycles. The quantitative estimate of drug-likeness (QED) is 0.700. The van der Waals surface area contributed by atoms with Crippen LogP contribution < -0.4 is 5.32 Å². The van der Waals surface area contributed by atoms with Crippen molar-refractivity contribution in [3.05, 3.63) is 12.2 Å². The third-order valence-electron chi connectivity index (χ3n) is 2.30. The Hall–Kier alpha value is -1.52. The van der Waals surface area contributed by atoms with E-state index >= 15 is 0 Å². The molecule has 0 heterocycles. The molecule has 0 bridgehead atoms. The van der Waals surface area contributed by atoms with Crippen LogP contribution in [-0.4, -0.2) is 40.6 Å². The van der Waals surface area contributed by atoms with Gasteiger partial charge in [0, 0.05) is 13.1 Å². The summed E-state index contributed by atoms with van der Waals surface area (Å²) < 4.78 is 0. The van der Waals surface area contributed by atoms with Gasteiger partial charge in [-0.3, -0.25) is 0 Å². The maximum Gasteiger partial charge on any atom is 0.329 e. The number of hydrogen-bond acceptors (Lipinski definition) is 2. The first-order valence-corrected chi connectivity index (χ1v) is 5.16. The zero-order chi connectivity index (χ0) is 12.9. The number of carbonyl (C=O) groups excluding carboxylic acids is 1. The van der Waals surface area contributed by atoms with Crippen LogP contribution in [0.1, 0.15) is 27.7 Å². The van der Waals surface area contributed by atoms with Gasteiger partial charge in [0.2, 0.25) is 0 Å². The Morgan fingerprint density at radius 3 is 2.25 bits per heavy atom. The van der Waals surface area contributed by atoms with Gasteiger partial charge in [0.15, 0.2) is 0 Å². The fourth-order valence-electron chi connectivity index (χ4n) is 1.23. The molecular weight excluding hydrogens is 208 g/mol. The maximum atomic E-state index is 11.7. The van der Waals surface area contributed by atoms with E-state index in [0.29, 0.717) is 13.1 Å². The molecule has 0 saturated heterocycles. The lowest BCUT2D eigenvalue weighted by atomic mass is 10.0. The number of nitrogens with one attached hydrogen (secondary N) is 1. The van der Waals surface area contributed by atoms with E-state index in [1.165, 1.54) is 18.7 Å². The molecule has 0 rings (SSSR count). The number of rotatable bonds is 5. The average molecular weight is 228 g/mol. The Balaban J connectivity index is 4.67. The molecule has 5 heteroatoms. The number of carboxylic acids is 1. The summed E-state index contributed by atoms with van der Waals surface area (Å²) in [7, 11) is 0. The number of nitrogens with zero attached hydrogens (tertiary/aromatic N) is 1. The minimum Gasteiger partial charge on any atom is -0.480 e. The Kier molecular flexibility index (Phi) is 5.01. The molecule has 0 spiro atoms. The molecule has 92 valence electrons. The van der Waals surface area contributed by atoms with E-state index in [2.05, 4.69) is 11.9 Å². The number of carbonyl (C=O) groups is 2. The SMILES string of the molecule is C=C(C)CNC(=O)N(CC)C(C)(C)C(=O)O. The highest BCUT2D eigenvalue weighted by molar-refractivity contribution is 5.85. The fraction of sp³-hybridized carbons (Fsp3) is 0.636. The normalized spacial score (nSPS) is 10.8. The molecule has 0 aliphatic rings. The van der Waals surface area contributed by atoms with Crippen LogP contribution in [0.5, 0.6) is 0 Å². The predicted octanol–water partition coefficient (Wildman–Crippen LogP) is 1.46. The van der Waals surface area contributed by atoms with Crippen molar-refractivity contribution >= 4 is 12.0 Å². The third-order valence-corrected chi connectivity index (χ3v) is 2.30. The Bertz CT molecular complexity index is 298. The van der Waals surface area contributed by atoms with Gasteiger partial charge in [-0.2, -0.15) is 0 Å². The summed E-state index contributed by atoms with van der Waals surface area (Å²) in [4.78, 5) is 24.0. The molecule has 16 heavy (non-hydrogen) atoms. The van der Waals surface area contributed by atoms with E-state index in [9.17, 15) is 9.59 Å². The largest absolute Gasteiger partial charge is 0.480 e. The summed E-state index contributed by atoms with van der Waals surface area (Å²) in [6.45, 7) is 10.9. The molecule has 0 aromatic rings. The van der Waals surface area contributed by atoms with Gasteiger partial charge in [-0.1, -0.05) is 12.2 Å². The average Bonchev–Trinajstić information content (AvgIpc) is 2.15. The molecule has 0 atom stereocenters. The van der Waals surface area contributed by atoms with Gasteiger partial charge in [0.1, 0.15) is 5.54 Å². The lowest BCUT2D eigenvalue weighted by Crippen LogP contribution is -2.56. The van der Waals surface area contributed by atoms with Gasteiger partial charge in [-0.15, -0.1) is 0 Å². The van der Waals surface area contributed by atoms with Crippen LogP contribution in [0.4, 0.5) is 4.79 Å². The molecule has 0 aliphatic carbocycles. The van der Waals surface area contributed by atoms with E-state index in [4.69, 9.17) is 5.11 Å². The lowest BCUT2D eigenvalue weighted by Gasteiger charge is -2.34. The second kappa shape index (κ2) is 5.53. The van der Waals surface area contributed by atoms with E-state index in [-0.39, 0.29) is 0 Å². The molecule has 0 saturated carbocycles. The van der Waals surface area contributed by atoms with E-state index < -0.39 is 17.5 Å². The van der Waals surface area contributed by atoms with Crippen molar-refractivity contribution < 1.29 is 14.7 Å².